The molecule has 8 nitrogen and oxygen atoms in total. The molecule has 3 rings (SSSR count). The topological polar surface area (TPSA) is 97.9 Å². The molecule has 1 aliphatic heterocycles. The quantitative estimate of drug-likeness (QED) is 0.810. The predicted molar refractivity (Wildman–Crippen MR) is 82.9 cm³/mol. The van der Waals surface area contributed by atoms with Gasteiger partial charge in [-0.15, -0.1) is 13.2 Å². The molecule has 146 valence electrons. The molecule has 0 aliphatic carbocycles. The second kappa shape index (κ2) is 7.82. The van der Waals surface area contributed by atoms with E-state index in [4.69, 9.17) is 14.3 Å². The molecule has 1 saturated heterocycles. The Balaban J connectivity index is 1.53. The zero-order chi connectivity index (χ0) is 19.4. The largest absolute Gasteiger partial charge is 0.574 e. The van der Waals surface area contributed by atoms with Crippen molar-refractivity contribution < 1.29 is 37.0 Å². The van der Waals surface area contributed by atoms with Crippen LogP contribution in [-0.2, 0) is 6.61 Å². The number of carbonyl (C=O) groups is 1. The van der Waals surface area contributed by atoms with Crippen LogP contribution in [0.1, 0.15) is 22.8 Å². The number of rotatable bonds is 6. The number of aliphatic hydroxyl groups excluding tert-OH is 1. The third-order valence-electron chi connectivity index (χ3n) is 3.89. The highest BCUT2D eigenvalue weighted by Gasteiger charge is 2.31. The van der Waals surface area contributed by atoms with Gasteiger partial charge in [0.15, 0.2) is 12.3 Å². The minimum Gasteiger partial charge on any atom is -0.482 e. The average molecular weight is 387 g/mol. The second-order valence-electron chi connectivity index (χ2n) is 5.88. The van der Waals surface area contributed by atoms with Crippen molar-refractivity contribution in [2.75, 3.05) is 19.7 Å². The first kappa shape index (κ1) is 19.0. The lowest BCUT2D eigenvalue weighted by Crippen LogP contribution is -2.29. The number of halogens is 3. The highest BCUT2D eigenvalue weighted by molar-refractivity contribution is 5.92. The number of aliphatic hydroxyl groups is 1. The van der Waals surface area contributed by atoms with E-state index in [1.54, 1.807) is 4.90 Å². The summed E-state index contributed by atoms with van der Waals surface area (Å²) in [6.07, 6.45) is -1.80. The molecule has 0 radical (unpaired) electrons. The summed E-state index contributed by atoms with van der Waals surface area (Å²) in [5.41, 5.74) is 0.124. The Kier molecular flexibility index (Phi) is 5.49. The lowest BCUT2D eigenvalue weighted by molar-refractivity contribution is -0.276. The van der Waals surface area contributed by atoms with Crippen molar-refractivity contribution in [3.05, 3.63) is 36.2 Å². The number of ether oxygens (including phenoxy) is 2. The van der Waals surface area contributed by atoms with Gasteiger partial charge >= 0.3 is 6.36 Å². The Morgan fingerprint density at radius 3 is 2.85 bits per heavy atom. The summed E-state index contributed by atoms with van der Waals surface area (Å²) < 4.78 is 50.4. The van der Waals surface area contributed by atoms with Crippen LogP contribution in [0.25, 0.3) is 0 Å². The summed E-state index contributed by atoms with van der Waals surface area (Å²) >= 11 is 0. The lowest BCUT2D eigenvalue weighted by Gasteiger charge is -2.13. The smallest absolute Gasteiger partial charge is 0.482 e. The molecular weight excluding hydrogens is 371 g/mol. The van der Waals surface area contributed by atoms with E-state index in [9.17, 15) is 18.0 Å². The van der Waals surface area contributed by atoms with Gasteiger partial charge in [-0.3, -0.25) is 4.79 Å². The van der Waals surface area contributed by atoms with Crippen molar-refractivity contribution in [1.82, 2.24) is 14.9 Å². The molecule has 0 spiro atoms. The van der Waals surface area contributed by atoms with E-state index in [1.165, 1.54) is 12.3 Å². The maximum absolute atomic E-state index is 12.3. The normalized spacial score (nSPS) is 17.2. The van der Waals surface area contributed by atoms with Gasteiger partial charge in [-0.2, -0.15) is 0 Å². The van der Waals surface area contributed by atoms with Crippen LogP contribution in [-0.4, -0.2) is 51.9 Å². The minimum atomic E-state index is -4.82. The fraction of sp³-hybridized carbons (Fsp3) is 0.438. The summed E-state index contributed by atoms with van der Waals surface area (Å²) in [6.45, 7) is 0.906. The van der Waals surface area contributed by atoms with Crippen molar-refractivity contribution >= 4 is 5.91 Å². The Morgan fingerprint density at radius 1 is 1.41 bits per heavy atom. The Labute approximate surface area is 151 Å². The number of hydrogen-bond acceptors (Lipinski definition) is 7. The Bertz CT molecular complexity index is 778. The third kappa shape index (κ3) is 5.09. The van der Waals surface area contributed by atoms with Crippen LogP contribution in [0.5, 0.6) is 11.6 Å². The van der Waals surface area contributed by atoms with Crippen LogP contribution in [0, 0.1) is 5.92 Å². The molecule has 0 aromatic carbocycles. The monoisotopic (exact) mass is 387 g/mol. The molecule has 1 atom stereocenters. The van der Waals surface area contributed by atoms with Gasteiger partial charge in [0.05, 0.1) is 6.20 Å². The molecule has 0 bridgehead atoms. The lowest BCUT2D eigenvalue weighted by atomic mass is 10.1. The van der Waals surface area contributed by atoms with Crippen molar-refractivity contribution in [3.63, 3.8) is 0 Å². The number of pyridine rings is 1. The van der Waals surface area contributed by atoms with Gasteiger partial charge in [0.1, 0.15) is 12.0 Å². The van der Waals surface area contributed by atoms with E-state index in [1.807, 2.05) is 0 Å². The van der Waals surface area contributed by atoms with Crippen LogP contribution >= 0.6 is 0 Å². The Hall–Kier alpha value is -2.82. The van der Waals surface area contributed by atoms with E-state index >= 15 is 0 Å². The molecule has 2 aromatic rings. The molecule has 1 unspecified atom stereocenters. The maximum Gasteiger partial charge on any atom is 0.574 e. The van der Waals surface area contributed by atoms with Gasteiger partial charge in [-0.1, -0.05) is 0 Å². The van der Waals surface area contributed by atoms with Crippen LogP contribution in [0.15, 0.2) is 29.0 Å². The summed E-state index contributed by atoms with van der Waals surface area (Å²) in [5, 5.41) is 9.13. The molecular formula is C16H16F3N3O5. The molecule has 11 heteroatoms. The third-order valence-corrected chi connectivity index (χ3v) is 3.89. The number of oxazole rings is 1. The van der Waals surface area contributed by atoms with Gasteiger partial charge in [-0.25, -0.2) is 9.97 Å². The first-order chi connectivity index (χ1) is 12.8. The van der Waals surface area contributed by atoms with Crippen LogP contribution in [0.4, 0.5) is 13.2 Å². The van der Waals surface area contributed by atoms with E-state index in [0.29, 0.717) is 13.1 Å². The summed E-state index contributed by atoms with van der Waals surface area (Å²) in [7, 11) is 0. The van der Waals surface area contributed by atoms with E-state index in [0.717, 1.165) is 18.7 Å². The number of aromatic nitrogens is 2. The van der Waals surface area contributed by atoms with Crippen molar-refractivity contribution in [1.29, 1.82) is 0 Å². The molecule has 27 heavy (non-hydrogen) atoms. The van der Waals surface area contributed by atoms with Gasteiger partial charge in [0.2, 0.25) is 11.8 Å². The number of hydrogen-bond donors (Lipinski definition) is 1. The van der Waals surface area contributed by atoms with Gasteiger partial charge in [0, 0.05) is 31.7 Å². The maximum atomic E-state index is 12.3. The van der Waals surface area contributed by atoms with Crippen molar-refractivity contribution in [3.8, 4) is 11.6 Å². The molecule has 1 amide bonds. The van der Waals surface area contributed by atoms with Crippen molar-refractivity contribution in [2.45, 2.75) is 19.4 Å². The molecule has 1 aliphatic rings. The molecule has 3 heterocycles. The minimum absolute atomic E-state index is 0.0303. The van der Waals surface area contributed by atoms with E-state index < -0.39 is 12.2 Å². The summed E-state index contributed by atoms with van der Waals surface area (Å²) in [5.74, 6) is -0.518. The highest BCUT2D eigenvalue weighted by atomic mass is 19.4. The number of likely N-dealkylation sites (tertiary alicyclic amines) is 1. The fourth-order valence-electron chi connectivity index (χ4n) is 2.58. The van der Waals surface area contributed by atoms with E-state index in [-0.39, 0.29) is 42.4 Å². The molecule has 1 fully saturated rings. The number of carbonyl (C=O) groups excluding carboxylic acids is 1. The van der Waals surface area contributed by atoms with E-state index in [2.05, 4.69) is 14.7 Å². The van der Waals surface area contributed by atoms with Crippen LogP contribution < -0.4 is 9.47 Å². The number of nitrogens with zero attached hydrogens (tertiary/aromatic N) is 3. The number of amides is 1. The number of alkyl halides is 3. The summed E-state index contributed by atoms with van der Waals surface area (Å²) in [4.78, 5) is 21.4. The zero-order valence-electron chi connectivity index (χ0n) is 14.0. The van der Waals surface area contributed by atoms with Gasteiger partial charge < -0.3 is 23.9 Å². The van der Waals surface area contributed by atoms with Crippen LogP contribution in [0.2, 0.25) is 0 Å². The first-order valence-electron chi connectivity index (χ1n) is 8.03. The van der Waals surface area contributed by atoms with Gasteiger partial charge in [-0.05, 0) is 12.5 Å². The molecule has 1 N–H and O–H groups in total. The zero-order valence-corrected chi connectivity index (χ0v) is 14.0. The predicted octanol–water partition coefficient (Wildman–Crippen LogP) is 2.00. The molecule has 0 saturated carbocycles. The van der Waals surface area contributed by atoms with Crippen molar-refractivity contribution in [2.24, 2.45) is 5.92 Å². The molecule has 2 aromatic heterocycles. The summed E-state index contributed by atoms with van der Waals surface area (Å²) in [6, 6.07) is 2.26. The van der Waals surface area contributed by atoms with Crippen LogP contribution in [0.3, 0.4) is 0 Å². The highest BCUT2D eigenvalue weighted by Crippen LogP contribution is 2.23. The standard InChI is InChI=1S/C16H16F3N3O5/c17-16(18,19)27-13-2-1-11(5-20-13)25-9-14-21-12(8-26-14)15(24)22-4-3-10(6-22)7-23/h1-2,5,8,10,23H,3-4,6-7,9H2. The Morgan fingerprint density at radius 2 is 2.22 bits per heavy atom. The average Bonchev–Trinajstić information content (AvgIpc) is 3.29. The van der Waals surface area contributed by atoms with Gasteiger partial charge in [0.25, 0.3) is 5.91 Å². The fourth-order valence-corrected chi connectivity index (χ4v) is 2.58. The SMILES string of the molecule is O=C(c1coc(COc2ccc(OC(F)(F)F)nc2)n1)N1CCC(CO)C1. The first-order valence-corrected chi connectivity index (χ1v) is 8.03. The second-order valence-corrected chi connectivity index (χ2v) is 5.88.